The molecule has 0 aliphatic carbocycles. The molecule has 8 heteroatoms. The predicted octanol–water partition coefficient (Wildman–Crippen LogP) is 3.65. The fourth-order valence-electron chi connectivity index (χ4n) is 3.01. The largest absolute Gasteiger partial charge is 0.394 e. The number of thioether (sulfide) groups is 1. The number of nitrogens with zero attached hydrogens (tertiary/aromatic N) is 1. The van der Waals surface area contributed by atoms with E-state index in [1.807, 2.05) is 42.5 Å². The Kier molecular flexibility index (Phi) is 8.04. The second-order valence-electron chi connectivity index (χ2n) is 6.78. The number of rotatable bonds is 8. The summed E-state index contributed by atoms with van der Waals surface area (Å²) in [5.41, 5.74) is 1.84. The van der Waals surface area contributed by atoms with E-state index in [1.54, 1.807) is 18.2 Å². The highest BCUT2D eigenvalue weighted by Crippen LogP contribution is 2.32. The molecule has 1 fully saturated rings. The first-order chi connectivity index (χ1) is 14.5. The zero-order valence-corrected chi connectivity index (χ0v) is 18.5. The summed E-state index contributed by atoms with van der Waals surface area (Å²) in [4.78, 5) is 27.0. The summed E-state index contributed by atoms with van der Waals surface area (Å²) in [7, 11) is 0. The first-order valence-corrected chi connectivity index (χ1v) is 11.0. The maximum atomic E-state index is 12.7. The quantitative estimate of drug-likeness (QED) is 0.465. The zero-order valence-electron chi connectivity index (χ0n) is 16.1. The molecule has 2 aromatic rings. The van der Waals surface area contributed by atoms with E-state index in [0.29, 0.717) is 20.7 Å². The monoisotopic (exact) mass is 460 g/mol. The summed E-state index contributed by atoms with van der Waals surface area (Å²) in [6.07, 6.45) is 2.38. The lowest BCUT2D eigenvalue weighted by molar-refractivity contribution is -0.124. The van der Waals surface area contributed by atoms with Crippen molar-refractivity contribution >= 4 is 57.8 Å². The fourth-order valence-corrected chi connectivity index (χ4v) is 4.52. The SMILES string of the molecule is O=C(CCN1C(=O)/C(=C/c2cccc(Cl)c2)SC1=S)NC(CO)Cc1ccccc1. The standard InChI is InChI=1S/C22H21ClN2O3S2/c23-17-8-4-7-16(11-17)13-19-21(28)25(22(29)30-19)10-9-20(27)24-18(14-26)12-15-5-2-1-3-6-15/h1-8,11,13,18,26H,9-10,12,14H2,(H,24,27)/b19-13-. The third kappa shape index (κ3) is 6.15. The number of benzene rings is 2. The number of carbonyl (C=O) groups is 2. The lowest BCUT2D eigenvalue weighted by Crippen LogP contribution is -2.41. The van der Waals surface area contributed by atoms with Gasteiger partial charge in [-0.05, 0) is 35.8 Å². The minimum Gasteiger partial charge on any atom is -0.394 e. The van der Waals surface area contributed by atoms with Crippen LogP contribution in [0.1, 0.15) is 17.5 Å². The smallest absolute Gasteiger partial charge is 0.266 e. The minimum atomic E-state index is -0.381. The molecule has 5 nitrogen and oxygen atoms in total. The van der Waals surface area contributed by atoms with Crippen LogP contribution in [0.5, 0.6) is 0 Å². The van der Waals surface area contributed by atoms with Gasteiger partial charge in [-0.3, -0.25) is 14.5 Å². The van der Waals surface area contributed by atoms with E-state index in [9.17, 15) is 14.7 Å². The van der Waals surface area contributed by atoms with Crippen molar-refractivity contribution in [2.45, 2.75) is 18.9 Å². The van der Waals surface area contributed by atoms with Gasteiger partial charge in [0.1, 0.15) is 4.32 Å². The number of hydrogen-bond donors (Lipinski definition) is 2. The van der Waals surface area contributed by atoms with Gasteiger partial charge in [0.15, 0.2) is 0 Å². The molecule has 2 aromatic carbocycles. The normalized spacial score (nSPS) is 16.2. The summed E-state index contributed by atoms with van der Waals surface area (Å²) >= 11 is 12.5. The Hall–Kier alpha value is -2.19. The van der Waals surface area contributed by atoms with Crippen LogP contribution in [0.2, 0.25) is 5.02 Å². The molecule has 0 aromatic heterocycles. The summed E-state index contributed by atoms with van der Waals surface area (Å²) < 4.78 is 0.420. The molecule has 0 spiro atoms. The number of aliphatic hydroxyl groups is 1. The van der Waals surface area contributed by atoms with Crippen LogP contribution in [0.4, 0.5) is 0 Å². The number of amides is 2. The van der Waals surface area contributed by atoms with E-state index in [-0.39, 0.29) is 37.4 Å². The second kappa shape index (κ2) is 10.7. The Morgan fingerprint density at radius 2 is 2.00 bits per heavy atom. The van der Waals surface area contributed by atoms with E-state index in [4.69, 9.17) is 23.8 Å². The second-order valence-corrected chi connectivity index (χ2v) is 8.89. The van der Waals surface area contributed by atoms with E-state index in [0.717, 1.165) is 11.1 Å². The topological polar surface area (TPSA) is 69.6 Å². The average Bonchev–Trinajstić information content (AvgIpc) is 2.99. The van der Waals surface area contributed by atoms with Crippen molar-refractivity contribution in [1.82, 2.24) is 10.2 Å². The molecule has 0 radical (unpaired) electrons. The van der Waals surface area contributed by atoms with Crippen LogP contribution < -0.4 is 5.32 Å². The van der Waals surface area contributed by atoms with Crippen molar-refractivity contribution in [1.29, 1.82) is 0 Å². The van der Waals surface area contributed by atoms with E-state index < -0.39 is 0 Å². The van der Waals surface area contributed by atoms with Crippen molar-refractivity contribution < 1.29 is 14.7 Å². The Morgan fingerprint density at radius 1 is 1.23 bits per heavy atom. The van der Waals surface area contributed by atoms with Crippen LogP contribution in [0.25, 0.3) is 6.08 Å². The average molecular weight is 461 g/mol. The highest BCUT2D eigenvalue weighted by Gasteiger charge is 2.32. The Labute approximate surface area is 190 Å². The van der Waals surface area contributed by atoms with Gasteiger partial charge >= 0.3 is 0 Å². The first-order valence-electron chi connectivity index (χ1n) is 9.41. The van der Waals surface area contributed by atoms with E-state index in [2.05, 4.69) is 5.32 Å². The predicted molar refractivity (Wildman–Crippen MR) is 125 cm³/mol. The highest BCUT2D eigenvalue weighted by molar-refractivity contribution is 8.26. The molecule has 1 saturated heterocycles. The molecule has 3 rings (SSSR count). The van der Waals surface area contributed by atoms with Crippen molar-refractivity contribution in [3.05, 3.63) is 75.7 Å². The van der Waals surface area contributed by atoms with Gasteiger partial charge in [0.25, 0.3) is 5.91 Å². The molecular formula is C22H21ClN2O3S2. The number of aliphatic hydroxyl groups excluding tert-OH is 1. The maximum Gasteiger partial charge on any atom is 0.266 e. The molecular weight excluding hydrogens is 440 g/mol. The highest BCUT2D eigenvalue weighted by atomic mass is 35.5. The van der Waals surface area contributed by atoms with Crippen LogP contribution in [-0.2, 0) is 16.0 Å². The minimum absolute atomic E-state index is 0.0994. The van der Waals surface area contributed by atoms with Crippen LogP contribution >= 0.6 is 35.6 Å². The molecule has 0 saturated carbocycles. The van der Waals surface area contributed by atoms with E-state index in [1.165, 1.54) is 16.7 Å². The third-order valence-electron chi connectivity index (χ3n) is 4.49. The zero-order chi connectivity index (χ0) is 21.5. The summed E-state index contributed by atoms with van der Waals surface area (Å²) in [5, 5.41) is 13.0. The first kappa shape index (κ1) is 22.5. The number of thiocarbonyl (C=S) groups is 1. The van der Waals surface area contributed by atoms with Gasteiger partial charge in [0.05, 0.1) is 17.6 Å². The molecule has 1 unspecified atom stereocenters. The fraction of sp³-hybridized carbons (Fsp3) is 0.227. The number of nitrogens with one attached hydrogen (secondary N) is 1. The van der Waals surface area contributed by atoms with Crippen molar-refractivity contribution in [3.8, 4) is 0 Å². The Morgan fingerprint density at radius 3 is 2.70 bits per heavy atom. The number of hydrogen-bond acceptors (Lipinski definition) is 5. The van der Waals surface area contributed by atoms with Crippen LogP contribution in [-0.4, -0.2) is 45.3 Å². The van der Waals surface area contributed by atoms with Crippen molar-refractivity contribution in [2.75, 3.05) is 13.2 Å². The molecule has 2 N–H and O–H groups in total. The molecule has 2 amide bonds. The van der Waals surface area contributed by atoms with Crippen LogP contribution in [0.15, 0.2) is 59.5 Å². The summed E-state index contributed by atoms with van der Waals surface area (Å²) in [6, 6.07) is 16.5. The van der Waals surface area contributed by atoms with Crippen LogP contribution in [0, 0.1) is 0 Å². The van der Waals surface area contributed by atoms with Gasteiger partial charge < -0.3 is 10.4 Å². The molecule has 1 atom stereocenters. The molecule has 1 aliphatic rings. The lowest BCUT2D eigenvalue weighted by atomic mass is 10.1. The van der Waals surface area contributed by atoms with Gasteiger partial charge in [0.2, 0.25) is 5.91 Å². The van der Waals surface area contributed by atoms with Crippen molar-refractivity contribution in [2.24, 2.45) is 0 Å². The van der Waals surface area contributed by atoms with Gasteiger partial charge in [-0.25, -0.2) is 0 Å². The third-order valence-corrected chi connectivity index (χ3v) is 6.11. The molecule has 0 bridgehead atoms. The van der Waals surface area contributed by atoms with Gasteiger partial charge in [-0.1, -0.05) is 78.0 Å². The van der Waals surface area contributed by atoms with Crippen molar-refractivity contribution in [3.63, 3.8) is 0 Å². The van der Waals surface area contributed by atoms with Gasteiger partial charge in [0, 0.05) is 18.0 Å². The summed E-state index contributed by atoms with van der Waals surface area (Å²) in [6.45, 7) is 0.0247. The van der Waals surface area contributed by atoms with Gasteiger partial charge in [-0.15, -0.1) is 0 Å². The maximum absolute atomic E-state index is 12.7. The molecule has 30 heavy (non-hydrogen) atoms. The molecule has 1 aliphatic heterocycles. The van der Waals surface area contributed by atoms with Gasteiger partial charge in [-0.2, -0.15) is 0 Å². The summed E-state index contributed by atoms with van der Waals surface area (Å²) in [5.74, 6) is -0.460. The number of halogens is 1. The van der Waals surface area contributed by atoms with E-state index >= 15 is 0 Å². The lowest BCUT2D eigenvalue weighted by Gasteiger charge is -2.18. The van der Waals surface area contributed by atoms with Crippen LogP contribution in [0.3, 0.4) is 0 Å². The molecule has 156 valence electrons. The Balaban J connectivity index is 1.55. The molecule has 1 heterocycles. The Bertz CT molecular complexity index is 966. The number of carbonyl (C=O) groups excluding carboxylic acids is 2.